The minimum Gasteiger partial charge on any atom is -0.472 e. The molecule has 0 radical (unpaired) electrons. The van der Waals surface area contributed by atoms with Crippen LogP contribution in [0.3, 0.4) is 0 Å². The van der Waals surface area contributed by atoms with Crippen molar-refractivity contribution in [3.63, 3.8) is 0 Å². The summed E-state index contributed by atoms with van der Waals surface area (Å²) in [5.41, 5.74) is 1.07. The van der Waals surface area contributed by atoms with Crippen molar-refractivity contribution >= 4 is 11.3 Å². The van der Waals surface area contributed by atoms with Crippen LogP contribution in [0.25, 0.3) is 10.6 Å². The van der Waals surface area contributed by atoms with Crippen LogP contribution in [0.4, 0.5) is 0 Å². The third kappa shape index (κ3) is 1.65. The second-order valence-corrected chi connectivity index (χ2v) is 4.30. The summed E-state index contributed by atoms with van der Waals surface area (Å²) in [6, 6.07) is 1.93. The van der Waals surface area contributed by atoms with Crippen molar-refractivity contribution in [3.05, 3.63) is 29.7 Å². The van der Waals surface area contributed by atoms with Crippen molar-refractivity contribution < 1.29 is 4.42 Å². The lowest BCUT2D eigenvalue weighted by molar-refractivity contribution is 0.568. The Labute approximate surface area is 81.2 Å². The predicted molar refractivity (Wildman–Crippen MR) is 53.9 cm³/mol. The van der Waals surface area contributed by atoms with Gasteiger partial charge in [-0.1, -0.05) is 13.8 Å². The van der Waals surface area contributed by atoms with Crippen molar-refractivity contribution in [2.45, 2.75) is 19.8 Å². The Kier molecular flexibility index (Phi) is 2.19. The molecule has 0 saturated carbocycles. The number of aromatic nitrogens is 1. The molecule has 0 saturated heterocycles. The highest BCUT2D eigenvalue weighted by molar-refractivity contribution is 7.15. The maximum atomic E-state index is 5.01. The number of rotatable bonds is 2. The van der Waals surface area contributed by atoms with Crippen LogP contribution in [0.5, 0.6) is 0 Å². The highest BCUT2D eigenvalue weighted by atomic mass is 32.1. The molecule has 68 valence electrons. The first-order chi connectivity index (χ1) is 6.27. The average molecular weight is 193 g/mol. The molecule has 2 heterocycles. The molecule has 0 bridgehead atoms. The second-order valence-electron chi connectivity index (χ2n) is 3.23. The third-order valence-electron chi connectivity index (χ3n) is 1.86. The topological polar surface area (TPSA) is 26.0 Å². The molecule has 2 nitrogen and oxygen atoms in total. The van der Waals surface area contributed by atoms with E-state index in [9.17, 15) is 0 Å². The van der Waals surface area contributed by atoms with Gasteiger partial charge >= 0.3 is 0 Å². The van der Waals surface area contributed by atoms with Crippen LogP contribution < -0.4 is 0 Å². The minimum absolute atomic E-state index is 0.554. The Morgan fingerprint density at radius 3 is 2.85 bits per heavy atom. The van der Waals surface area contributed by atoms with Gasteiger partial charge in [0.25, 0.3) is 0 Å². The largest absolute Gasteiger partial charge is 0.472 e. The third-order valence-corrected chi connectivity index (χ3v) is 3.21. The Bertz CT molecular complexity index is 375. The van der Waals surface area contributed by atoms with E-state index in [-0.39, 0.29) is 0 Å². The van der Waals surface area contributed by atoms with E-state index in [1.54, 1.807) is 23.9 Å². The summed E-state index contributed by atoms with van der Waals surface area (Å²) >= 11 is 1.73. The molecule has 3 heteroatoms. The van der Waals surface area contributed by atoms with Gasteiger partial charge in [-0.3, -0.25) is 0 Å². The molecule has 0 aromatic carbocycles. The first kappa shape index (κ1) is 8.51. The molecule has 0 N–H and O–H groups in total. The minimum atomic E-state index is 0.554. The number of hydrogen-bond acceptors (Lipinski definition) is 3. The van der Waals surface area contributed by atoms with Gasteiger partial charge in [-0.15, -0.1) is 11.3 Å². The SMILES string of the molecule is CC(C)c1cnc(-c2ccoc2)s1. The van der Waals surface area contributed by atoms with Crippen molar-refractivity contribution in [3.8, 4) is 10.6 Å². The van der Waals surface area contributed by atoms with Crippen molar-refractivity contribution in [2.75, 3.05) is 0 Å². The fraction of sp³-hybridized carbons (Fsp3) is 0.300. The van der Waals surface area contributed by atoms with Crippen molar-refractivity contribution in [2.24, 2.45) is 0 Å². The van der Waals surface area contributed by atoms with Gasteiger partial charge in [-0.2, -0.15) is 0 Å². The molecular weight excluding hydrogens is 182 g/mol. The van der Waals surface area contributed by atoms with Crippen molar-refractivity contribution in [1.29, 1.82) is 0 Å². The Balaban J connectivity index is 2.33. The lowest BCUT2D eigenvalue weighted by Crippen LogP contribution is -1.77. The van der Waals surface area contributed by atoms with Gasteiger partial charge < -0.3 is 4.42 Å². The zero-order chi connectivity index (χ0) is 9.26. The molecule has 2 rings (SSSR count). The first-order valence-corrected chi connectivity index (χ1v) is 5.07. The van der Waals surface area contributed by atoms with Gasteiger partial charge in [-0.25, -0.2) is 4.98 Å². The first-order valence-electron chi connectivity index (χ1n) is 4.25. The van der Waals surface area contributed by atoms with Gasteiger partial charge in [-0.05, 0) is 12.0 Å². The van der Waals surface area contributed by atoms with Crippen LogP contribution in [0, 0.1) is 0 Å². The molecule has 0 atom stereocenters. The summed E-state index contributed by atoms with van der Waals surface area (Å²) in [6.45, 7) is 4.35. The van der Waals surface area contributed by atoms with E-state index in [1.807, 2.05) is 12.3 Å². The summed E-state index contributed by atoms with van der Waals surface area (Å²) in [5.74, 6) is 0.554. The Morgan fingerprint density at radius 1 is 1.46 bits per heavy atom. The molecule has 0 fully saturated rings. The lowest BCUT2D eigenvalue weighted by Gasteiger charge is -1.95. The Morgan fingerprint density at radius 2 is 2.31 bits per heavy atom. The Hall–Kier alpha value is -1.09. The summed E-state index contributed by atoms with van der Waals surface area (Å²) in [7, 11) is 0. The quantitative estimate of drug-likeness (QED) is 0.729. The van der Waals surface area contributed by atoms with Crippen LogP contribution in [-0.4, -0.2) is 4.98 Å². The van der Waals surface area contributed by atoms with E-state index in [1.165, 1.54) is 4.88 Å². The molecule has 0 amide bonds. The zero-order valence-electron chi connectivity index (χ0n) is 7.65. The zero-order valence-corrected chi connectivity index (χ0v) is 8.47. The second kappa shape index (κ2) is 3.34. The molecule has 0 aliphatic heterocycles. The van der Waals surface area contributed by atoms with Gasteiger partial charge in [0.2, 0.25) is 0 Å². The van der Waals surface area contributed by atoms with E-state index in [0.29, 0.717) is 5.92 Å². The number of hydrogen-bond donors (Lipinski definition) is 0. The fourth-order valence-corrected chi connectivity index (χ4v) is 1.98. The predicted octanol–water partition coefficient (Wildman–Crippen LogP) is 3.53. The summed E-state index contributed by atoms with van der Waals surface area (Å²) in [5, 5.41) is 1.04. The molecule has 0 unspecified atom stereocenters. The van der Waals surface area contributed by atoms with Crippen LogP contribution in [0.1, 0.15) is 24.6 Å². The fourth-order valence-electron chi connectivity index (χ4n) is 1.07. The normalized spacial score (nSPS) is 11.0. The highest BCUT2D eigenvalue weighted by Gasteiger charge is 2.07. The van der Waals surface area contributed by atoms with Crippen LogP contribution in [-0.2, 0) is 0 Å². The summed E-state index contributed by atoms with van der Waals surface area (Å²) < 4.78 is 5.01. The summed E-state index contributed by atoms with van der Waals surface area (Å²) in [6.07, 6.45) is 5.34. The average Bonchev–Trinajstić information content (AvgIpc) is 2.75. The number of nitrogens with zero attached hydrogens (tertiary/aromatic N) is 1. The molecule has 2 aromatic heterocycles. The number of thiazole rings is 1. The maximum Gasteiger partial charge on any atom is 0.126 e. The van der Waals surface area contributed by atoms with Crippen LogP contribution in [0.15, 0.2) is 29.2 Å². The number of furan rings is 1. The summed E-state index contributed by atoms with van der Waals surface area (Å²) in [4.78, 5) is 5.65. The molecular formula is C10H11NOS. The lowest BCUT2D eigenvalue weighted by atomic mass is 10.2. The van der Waals surface area contributed by atoms with Crippen LogP contribution >= 0.6 is 11.3 Å². The van der Waals surface area contributed by atoms with Gasteiger partial charge in [0, 0.05) is 16.6 Å². The van der Waals surface area contributed by atoms with E-state index in [0.717, 1.165) is 10.6 Å². The van der Waals surface area contributed by atoms with E-state index in [4.69, 9.17) is 4.42 Å². The molecule has 0 aliphatic rings. The molecule has 0 aliphatic carbocycles. The molecule has 0 spiro atoms. The van der Waals surface area contributed by atoms with E-state index >= 15 is 0 Å². The van der Waals surface area contributed by atoms with Crippen LogP contribution in [0.2, 0.25) is 0 Å². The van der Waals surface area contributed by atoms with Gasteiger partial charge in [0.1, 0.15) is 11.3 Å². The highest BCUT2D eigenvalue weighted by Crippen LogP contribution is 2.29. The monoisotopic (exact) mass is 193 g/mol. The molecule has 13 heavy (non-hydrogen) atoms. The molecule has 2 aromatic rings. The van der Waals surface area contributed by atoms with E-state index in [2.05, 4.69) is 18.8 Å². The van der Waals surface area contributed by atoms with Gasteiger partial charge in [0.05, 0.1) is 6.26 Å². The van der Waals surface area contributed by atoms with Crippen molar-refractivity contribution in [1.82, 2.24) is 4.98 Å². The standard InChI is InChI=1S/C10H11NOS/c1-7(2)9-5-11-10(13-9)8-3-4-12-6-8/h3-7H,1-2H3. The van der Waals surface area contributed by atoms with E-state index < -0.39 is 0 Å². The smallest absolute Gasteiger partial charge is 0.126 e. The van der Waals surface area contributed by atoms with Gasteiger partial charge in [0.15, 0.2) is 0 Å². The maximum absolute atomic E-state index is 5.01.